The monoisotopic (exact) mass is 219 g/mol. The zero-order valence-corrected chi connectivity index (χ0v) is 9.90. The molecule has 1 heterocycles. The lowest BCUT2D eigenvalue weighted by Gasteiger charge is -2.06. The Morgan fingerprint density at radius 3 is 2.75 bits per heavy atom. The fraction of sp³-hybridized carbons (Fsp3) is 0.462. The highest BCUT2D eigenvalue weighted by atomic mass is 16.5. The number of phenols is 1. The highest BCUT2D eigenvalue weighted by Crippen LogP contribution is 2.22. The van der Waals surface area contributed by atoms with Crippen LogP contribution in [0.15, 0.2) is 23.2 Å². The van der Waals surface area contributed by atoms with E-state index in [-0.39, 0.29) is 11.8 Å². The van der Waals surface area contributed by atoms with Gasteiger partial charge in [0.2, 0.25) is 5.90 Å². The van der Waals surface area contributed by atoms with E-state index in [1.807, 2.05) is 19.1 Å². The summed E-state index contributed by atoms with van der Waals surface area (Å²) in [7, 11) is 0. The Labute approximate surface area is 95.8 Å². The van der Waals surface area contributed by atoms with Crippen molar-refractivity contribution in [2.75, 3.05) is 6.61 Å². The maximum atomic E-state index is 9.62. The van der Waals surface area contributed by atoms with Crippen LogP contribution in [0.3, 0.4) is 0 Å². The van der Waals surface area contributed by atoms with Crippen LogP contribution in [0.4, 0.5) is 0 Å². The molecule has 0 amide bonds. The van der Waals surface area contributed by atoms with Crippen LogP contribution >= 0.6 is 0 Å². The summed E-state index contributed by atoms with van der Waals surface area (Å²) in [4.78, 5) is 4.51. The molecule has 1 aliphatic heterocycles. The number of aromatic hydroxyl groups is 1. The van der Waals surface area contributed by atoms with Crippen molar-refractivity contribution in [1.82, 2.24) is 0 Å². The second-order valence-corrected chi connectivity index (χ2v) is 4.56. The van der Waals surface area contributed by atoms with Crippen LogP contribution in [0, 0.1) is 12.8 Å². The zero-order chi connectivity index (χ0) is 11.7. The summed E-state index contributed by atoms with van der Waals surface area (Å²) in [6, 6.07) is 5.74. The van der Waals surface area contributed by atoms with Crippen molar-refractivity contribution < 1.29 is 9.84 Å². The Morgan fingerprint density at radius 1 is 1.44 bits per heavy atom. The van der Waals surface area contributed by atoms with Gasteiger partial charge in [-0.05, 0) is 30.5 Å². The van der Waals surface area contributed by atoms with Crippen LogP contribution in [-0.2, 0) is 4.74 Å². The van der Waals surface area contributed by atoms with Gasteiger partial charge < -0.3 is 9.84 Å². The van der Waals surface area contributed by atoms with E-state index in [4.69, 9.17) is 4.74 Å². The fourth-order valence-corrected chi connectivity index (χ4v) is 1.63. The van der Waals surface area contributed by atoms with Crippen molar-refractivity contribution in [3.8, 4) is 5.75 Å². The van der Waals surface area contributed by atoms with Gasteiger partial charge in [0.25, 0.3) is 0 Å². The number of aliphatic imine (C=N–C) groups is 1. The molecule has 0 fully saturated rings. The quantitative estimate of drug-likeness (QED) is 0.830. The molecule has 16 heavy (non-hydrogen) atoms. The highest BCUT2D eigenvalue weighted by Gasteiger charge is 2.22. The van der Waals surface area contributed by atoms with Crippen LogP contribution in [0.1, 0.15) is 25.0 Å². The summed E-state index contributed by atoms with van der Waals surface area (Å²) in [6.45, 7) is 6.77. The molecule has 0 unspecified atom stereocenters. The molecule has 0 bridgehead atoms. The molecule has 1 aromatic rings. The summed E-state index contributed by atoms with van der Waals surface area (Å²) in [6.07, 6.45) is 0. The number of nitrogens with zero attached hydrogens (tertiary/aromatic N) is 1. The standard InChI is InChI=1S/C13H17NO2/c1-8(2)11-7-16-13(14-11)10-5-4-9(3)12(15)6-10/h4-6,8,11,15H,7H2,1-3H3/t11-/m0/s1. The van der Waals surface area contributed by atoms with Crippen molar-refractivity contribution >= 4 is 5.90 Å². The van der Waals surface area contributed by atoms with Crippen molar-refractivity contribution in [1.29, 1.82) is 0 Å². The van der Waals surface area contributed by atoms with Crippen LogP contribution in [0.2, 0.25) is 0 Å². The Hall–Kier alpha value is -1.51. The molecule has 1 N–H and O–H groups in total. The van der Waals surface area contributed by atoms with E-state index >= 15 is 0 Å². The van der Waals surface area contributed by atoms with E-state index in [9.17, 15) is 5.11 Å². The minimum Gasteiger partial charge on any atom is -0.508 e. The Morgan fingerprint density at radius 2 is 2.19 bits per heavy atom. The number of hydrogen-bond donors (Lipinski definition) is 1. The van der Waals surface area contributed by atoms with Gasteiger partial charge >= 0.3 is 0 Å². The van der Waals surface area contributed by atoms with E-state index in [0.29, 0.717) is 18.4 Å². The minimum absolute atomic E-state index is 0.235. The average molecular weight is 219 g/mol. The third-order valence-electron chi connectivity index (χ3n) is 2.90. The molecule has 0 saturated carbocycles. The molecule has 3 nitrogen and oxygen atoms in total. The number of phenolic OH excluding ortho intramolecular Hbond substituents is 1. The predicted molar refractivity (Wildman–Crippen MR) is 64.0 cm³/mol. The third kappa shape index (κ3) is 2.03. The Bertz CT molecular complexity index is 424. The van der Waals surface area contributed by atoms with Crippen LogP contribution in [0.25, 0.3) is 0 Å². The fourth-order valence-electron chi connectivity index (χ4n) is 1.63. The molecule has 3 heteroatoms. The van der Waals surface area contributed by atoms with Gasteiger partial charge in [-0.25, -0.2) is 4.99 Å². The second-order valence-electron chi connectivity index (χ2n) is 4.56. The molecule has 0 aliphatic carbocycles. The largest absolute Gasteiger partial charge is 0.508 e. The molecule has 0 saturated heterocycles. The molecular formula is C13H17NO2. The first-order chi connectivity index (χ1) is 7.58. The van der Waals surface area contributed by atoms with Crippen LogP contribution in [0.5, 0.6) is 5.75 Å². The molecule has 0 radical (unpaired) electrons. The summed E-state index contributed by atoms with van der Waals surface area (Å²) < 4.78 is 5.55. The maximum Gasteiger partial charge on any atom is 0.216 e. The molecule has 1 aliphatic rings. The smallest absolute Gasteiger partial charge is 0.216 e. The number of aryl methyl sites for hydroxylation is 1. The summed E-state index contributed by atoms with van der Waals surface area (Å²) >= 11 is 0. The van der Waals surface area contributed by atoms with Gasteiger partial charge in [-0.1, -0.05) is 19.9 Å². The normalized spacial score (nSPS) is 19.8. The van der Waals surface area contributed by atoms with E-state index in [1.54, 1.807) is 6.07 Å². The number of rotatable bonds is 2. The van der Waals surface area contributed by atoms with E-state index in [0.717, 1.165) is 11.1 Å². The van der Waals surface area contributed by atoms with E-state index < -0.39 is 0 Å². The second kappa shape index (κ2) is 4.16. The first-order valence-electron chi connectivity index (χ1n) is 5.58. The van der Waals surface area contributed by atoms with Gasteiger partial charge in [-0.2, -0.15) is 0 Å². The molecule has 2 rings (SSSR count). The maximum absolute atomic E-state index is 9.62. The molecule has 1 atom stereocenters. The predicted octanol–water partition coefficient (Wildman–Crippen LogP) is 2.50. The van der Waals surface area contributed by atoms with Gasteiger partial charge in [0.05, 0.1) is 6.04 Å². The molecule has 0 aromatic heterocycles. The van der Waals surface area contributed by atoms with Gasteiger partial charge in [-0.15, -0.1) is 0 Å². The van der Waals surface area contributed by atoms with Crippen molar-refractivity contribution in [2.45, 2.75) is 26.8 Å². The summed E-state index contributed by atoms with van der Waals surface area (Å²) in [5.74, 6) is 1.42. The average Bonchev–Trinajstić information content (AvgIpc) is 2.71. The number of ether oxygens (including phenoxy) is 1. The van der Waals surface area contributed by atoms with Crippen LogP contribution < -0.4 is 0 Å². The van der Waals surface area contributed by atoms with Crippen LogP contribution in [-0.4, -0.2) is 23.7 Å². The van der Waals surface area contributed by atoms with E-state index in [1.165, 1.54) is 0 Å². The topological polar surface area (TPSA) is 41.8 Å². The zero-order valence-electron chi connectivity index (χ0n) is 9.90. The number of benzene rings is 1. The summed E-state index contributed by atoms with van der Waals surface area (Å²) in [5.41, 5.74) is 1.72. The highest BCUT2D eigenvalue weighted by molar-refractivity contribution is 5.95. The SMILES string of the molecule is Cc1ccc(C2=N[C@H](C(C)C)CO2)cc1O. The third-order valence-corrected chi connectivity index (χ3v) is 2.90. The van der Waals surface area contributed by atoms with Crippen molar-refractivity contribution in [2.24, 2.45) is 10.9 Å². The van der Waals surface area contributed by atoms with Gasteiger partial charge in [0.15, 0.2) is 0 Å². The van der Waals surface area contributed by atoms with Crippen molar-refractivity contribution in [3.63, 3.8) is 0 Å². The molecule has 0 spiro atoms. The van der Waals surface area contributed by atoms with Gasteiger partial charge in [0.1, 0.15) is 12.4 Å². The lowest BCUT2D eigenvalue weighted by atomic mass is 10.1. The Balaban J connectivity index is 2.25. The van der Waals surface area contributed by atoms with E-state index in [2.05, 4.69) is 18.8 Å². The van der Waals surface area contributed by atoms with Gasteiger partial charge in [0, 0.05) is 5.56 Å². The molecule has 1 aromatic carbocycles. The molecular weight excluding hydrogens is 202 g/mol. The Kier molecular flexibility index (Phi) is 2.86. The first-order valence-corrected chi connectivity index (χ1v) is 5.58. The number of hydrogen-bond acceptors (Lipinski definition) is 3. The summed E-state index contributed by atoms with van der Waals surface area (Å²) in [5, 5.41) is 9.62. The van der Waals surface area contributed by atoms with Gasteiger partial charge in [-0.3, -0.25) is 0 Å². The van der Waals surface area contributed by atoms with Crippen molar-refractivity contribution in [3.05, 3.63) is 29.3 Å². The lowest BCUT2D eigenvalue weighted by Crippen LogP contribution is -2.13. The lowest BCUT2D eigenvalue weighted by molar-refractivity contribution is 0.291. The molecule has 86 valence electrons. The first kappa shape index (κ1) is 11.0. The minimum atomic E-state index is 0.235.